The number of likely N-dealkylation sites (tertiary alicyclic amines) is 2. The normalized spacial score (nSPS) is 20.4. The van der Waals surface area contributed by atoms with Crippen LogP contribution < -0.4 is 0 Å². The van der Waals surface area contributed by atoms with E-state index in [1.807, 2.05) is 4.90 Å². The first kappa shape index (κ1) is 22.8. The highest BCUT2D eigenvalue weighted by atomic mass is 16.2. The highest BCUT2D eigenvalue weighted by molar-refractivity contribution is 5.79. The van der Waals surface area contributed by atoms with Crippen molar-refractivity contribution in [1.82, 2.24) is 14.7 Å². The fourth-order valence-corrected chi connectivity index (χ4v) is 4.76. The van der Waals surface area contributed by atoms with Gasteiger partial charge in [-0.1, -0.05) is 30.4 Å². The van der Waals surface area contributed by atoms with Crippen molar-refractivity contribution in [2.75, 3.05) is 45.8 Å². The lowest BCUT2D eigenvalue weighted by Gasteiger charge is -2.34. The average molecular weight is 410 g/mol. The largest absolute Gasteiger partial charge is 0.343 e. The summed E-state index contributed by atoms with van der Waals surface area (Å²) in [4.78, 5) is 19.7. The second-order valence-electron chi connectivity index (χ2n) is 8.74. The smallest absolute Gasteiger partial charge is 0.226 e. The lowest BCUT2D eigenvalue weighted by Crippen LogP contribution is -2.44. The molecule has 2 saturated heterocycles. The van der Waals surface area contributed by atoms with Crippen molar-refractivity contribution in [2.45, 2.75) is 58.9 Å². The molecule has 1 aromatic carbocycles. The predicted molar refractivity (Wildman–Crippen MR) is 124 cm³/mol. The van der Waals surface area contributed by atoms with Crippen LogP contribution in [0.1, 0.15) is 63.5 Å². The van der Waals surface area contributed by atoms with Gasteiger partial charge in [0.1, 0.15) is 0 Å². The summed E-state index contributed by atoms with van der Waals surface area (Å²) in [7, 11) is 0. The highest BCUT2D eigenvalue weighted by Gasteiger charge is 2.28. The minimum absolute atomic E-state index is 0.149. The number of hydrogen-bond donors (Lipinski definition) is 0. The molecule has 2 fully saturated rings. The second-order valence-corrected chi connectivity index (χ2v) is 8.74. The zero-order valence-corrected chi connectivity index (χ0v) is 19.0. The molecule has 30 heavy (non-hydrogen) atoms. The third kappa shape index (κ3) is 6.86. The van der Waals surface area contributed by atoms with Crippen LogP contribution in [0.5, 0.6) is 0 Å². The van der Waals surface area contributed by atoms with Crippen molar-refractivity contribution in [2.24, 2.45) is 5.92 Å². The Labute approximate surface area is 183 Å². The first-order valence-corrected chi connectivity index (χ1v) is 12.0. The molecule has 3 rings (SSSR count). The number of carbonyl (C=O) groups is 1. The number of rotatable bonds is 7. The standard InChI is InChI=1S/C26H39N3O/c1-3-29(4-2)26(30)25-15-11-19-28(22-25)21-24-14-10-13-23(20-24)12-6-9-18-27-16-7-5-8-17-27/h10,13-14,20,25H,3-5,7-9,11,15-19,21-22H2,1-2H3. The Morgan fingerprint density at radius 3 is 2.60 bits per heavy atom. The average Bonchev–Trinajstić information content (AvgIpc) is 2.79. The van der Waals surface area contributed by atoms with Crippen LogP contribution in [-0.4, -0.2) is 66.4 Å². The van der Waals surface area contributed by atoms with Crippen molar-refractivity contribution in [1.29, 1.82) is 0 Å². The van der Waals surface area contributed by atoms with E-state index in [1.54, 1.807) is 0 Å². The van der Waals surface area contributed by atoms with Crippen LogP contribution >= 0.6 is 0 Å². The maximum absolute atomic E-state index is 12.8. The van der Waals surface area contributed by atoms with Crippen LogP contribution in [0.4, 0.5) is 0 Å². The van der Waals surface area contributed by atoms with Crippen LogP contribution in [0.2, 0.25) is 0 Å². The molecule has 0 aliphatic carbocycles. The van der Waals surface area contributed by atoms with E-state index in [0.29, 0.717) is 5.91 Å². The molecule has 164 valence electrons. The first-order chi connectivity index (χ1) is 14.7. The van der Waals surface area contributed by atoms with Gasteiger partial charge in [-0.05, 0) is 76.9 Å². The molecule has 4 nitrogen and oxygen atoms in total. The molecule has 0 bridgehead atoms. The van der Waals surface area contributed by atoms with Crippen LogP contribution in [0.15, 0.2) is 24.3 Å². The molecule has 2 heterocycles. The number of piperidine rings is 2. The Morgan fingerprint density at radius 1 is 1.07 bits per heavy atom. The van der Waals surface area contributed by atoms with Gasteiger partial charge in [-0.2, -0.15) is 0 Å². The lowest BCUT2D eigenvalue weighted by atomic mass is 9.96. The number of nitrogens with zero attached hydrogens (tertiary/aromatic N) is 3. The molecule has 0 N–H and O–H groups in total. The first-order valence-electron chi connectivity index (χ1n) is 12.0. The molecule has 2 aliphatic heterocycles. The van der Waals surface area contributed by atoms with E-state index in [4.69, 9.17) is 0 Å². The quantitative estimate of drug-likeness (QED) is 0.637. The summed E-state index contributed by atoms with van der Waals surface area (Å²) in [5, 5.41) is 0. The summed E-state index contributed by atoms with van der Waals surface area (Å²) in [6.07, 6.45) is 7.14. The van der Waals surface area contributed by atoms with E-state index in [-0.39, 0.29) is 5.92 Å². The molecule has 1 aromatic rings. The molecule has 1 atom stereocenters. The zero-order valence-electron chi connectivity index (χ0n) is 19.0. The molecule has 0 radical (unpaired) electrons. The van der Waals surface area contributed by atoms with Gasteiger partial charge in [-0.15, -0.1) is 0 Å². The molecule has 1 amide bonds. The van der Waals surface area contributed by atoms with Crippen LogP contribution in [0, 0.1) is 17.8 Å². The minimum Gasteiger partial charge on any atom is -0.343 e. The molecular weight excluding hydrogens is 370 g/mol. The maximum Gasteiger partial charge on any atom is 0.226 e. The van der Waals surface area contributed by atoms with E-state index in [1.165, 1.54) is 37.9 Å². The fraction of sp³-hybridized carbons (Fsp3) is 0.654. The van der Waals surface area contributed by atoms with Gasteiger partial charge in [0.05, 0.1) is 5.92 Å². The van der Waals surface area contributed by atoms with Gasteiger partial charge in [0, 0.05) is 44.7 Å². The topological polar surface area (TPSA) is 26.8 Å². The van der Waals surface area contributed by atoms with E-state index < -0.39 is 0 Å². The van der Waals surface area contributed by atoms with Crippen molar-refractivity contribution in [3.8, 4) is 11.8 Å². The molecule has 0 aromatic heterocycles. The zero-order chi connectivity index (χ0) is 21.2. The molecule has 4 heteroatoms. The van der Waals surface area contributed by atoms with Gasteiger partial charge in [-0.25, -0.2) is 0 Å². The maximum atomic E-state index is 12.8. The Morgan fingerprint density at radius 2 is 1.83 bits per heavy atom. The molecule has 0 saturated carbocycles. The van der Waals surface area contributed by atoms with Crippen molar-refractivity contribution < 1.29 is 4.79 Å². The predicted octanol–water partition coefficient (Wildman–Crippen LogP) is 3.99. The van der Waals surface area contributed by atoms with E-state index in [2.05, 4.69) is 59.8 Å². The van der Waals surface area contributed by atoms with Gasteiger partial charge in [0.15, 0.2) is 0 Å². The Hall–Kier alpha value is -1.83. The van der Waals surface area contributed by atoms with Crippen molar-refractivity contribution in [3.63, 3.8) is 0 Å². The summed E-state index contributed by atoms with van der Waals surface area (Å²) in [6, 6.07) is 8.64. The summed E-state index contributed by atoms with van der Waals surface area (Å²) in [5.74, 6) is 7.22. The van der Waals surface area contributed by atoms with Gasteiger partial charge < -0.3 is 9.80 Å². The summed E-state index contributed by atoms with van der Waals surface area (Å²) < 4.78 is 0. The van der Waals surface area contributed by atoms with Crippen LogP contribution in [0.25, 0.3) is 0 Å². The molecular formula is C26H39N3O. The van der Waals surface area contributed by atoms with Gasteiger partial charge in [0.2, 0.25) is 5.91 Å². The number of carbonyl (C=O) groups excluding carboxylic acids is 1. The SMILES string of the molecule is CCN(CC)C(=O)C1CCCN(Cc2cccc(C#CCCN3CCCCC3)c2)C1. The van der Waals surface area contributed by atoms with Gasteiger partial charge in [-0.3, -0.25) is 9.69 Å². The summed E-state index contributed by atoms with van der Waals surface area (Å²) in [6.45, 7) is 12.2. The monoisotopic (exact) mass is 409 g/mol. The third-order valence-corrected chi connectivity index (χ3v) is 6.50. The van der Waals surface area contributed by atoms with Crippen LogP contribution in [0.3, 0.4) is 0 Å². The van der Waals surface area contributed by atoms with E-state index >= 15 is 0 Å². The number of amides is 1. The Kier molecular flexibility index (Phi) is 9.24. The molecule has 1 unspecified atom stereocenters. The minimum atomic E-state index is 0.149. The van der Waals surface area contributed by atoms with Gasteiger partial charge in [0.25, 0.3) is 0 Å². The second kappa shape index (κ2) is 12.1. The Bertz CT molecular complexity index is 725. The van der Waals surface area contributed by atoms with E-state index in [9.17, 15) is 4.79 Å². The fourth-order valence-electron chi connectivity index (χ4n) is 4.76. The van der Waals surface area contributed by atoms with Crippen molar-refractivity contribution >= 4 is 5.91 Å². The number of benzene rings is 1. The molecule has 0 spiro atoms. The summed E-state index contributed by atoms with van der Waals surface area (Å²) >= 11 is 0. The van der Waals surface area contributed by atoms with E-state index in [0.717, 1.165) is 64.1 Å². The Balaban J connectivity index is 1.51. The number of hydrogen-bond acceptors (Lipinski definition) is 3. The van der Waals surface area contributed by atoms with Crippen molar-refractivity contribution in [3.05, 3.63) is 35.4 Å². The lowest BCUT2D eigenvalue weighted by molar-refractivity contribution is -0.137. The van der Waals surface area contributed by atoms with Gasteiger partial charge >= 0.3 is 0 Å². The highest BCUT2D eigenvalue weighted by Crippen LogP contribution is 2.21. The molecule has 2 aliphatic rings. The third-order valence-electron chi connectivity index (χ3n) is 6.50. The van der Waals surface area contributed by atoms with Crippen LogP contribution in [-0.2, 0) is 11.3 Å². The summed E-state index contributed by atoms with van der Waals surface area (Å²) in [5.41, 5.74) is 2.41.